The number of H-pyrrole nitrogens is 1. The lowest BCUT2D eigenvalue weighted by molar-refractivity contribution is -0.0409. The Morgan fingerprint density at radius 3 is 2.32 bits per heavy atom. The first-order valence-corrected chi connectivity index (χ1v) is 11.3. The van der Waals surface area contributed by atoms with Gasteiger partial charge in [0, 0.05) is 29.4 Å². The topological polar surface area (TPSA) is 96.8 Å². The highest BCUT2D eigenvalue weighted by atomic mass is 19.1. The number of rotatable bonds is 5. The highest BCUT2D eigenvalue weighted by Gasteiger charge is 2.46. The lowest BCUT2D eigenvalue weighted by Crippen LogP contribution is -2.40. The molecule has 1 saturated heterocycles. The van der Waals surface area contributed by atoms with Gasteiger partial charge in [-0.1, -0.05) is 43.3 Å². The average Bonchev–Trinajstić information content (AvgIpc) is 3.10. The van der Waals surface area contributed by atoms with Crippen molar-refractivity contribution in [2.45, 2.75) is 44.0 Å². The van der Waals surface area contributed by atoms with Crippen LogP contribution < -0.4 is 16.0 Å². The van der Waals surface area contributed by atoms with Crippen LogP contribution in [-0.2, 0) is 11.2 Å². The van der Waals surface area contributed by atoms with Crippen LogP contribution in [0.1, 0.15) is 35.9 Å². The Morgan fingerprint density at radius 1 is 1.09 bits per heavy atom. The predicted molar refractivity (Wildman–Crippen MR) is 123 cm³/mol. The van der Waals surface area contributed by atoms with Crippen molar-refractivity contribution in [2.24, 2.45) is 0 Å². The number of hydrogen-bond donors (Lipinski definition) is 2. The molecule has 5 rings (SSSR count). The maximum absolute atomic E-state index is 15.1. The number of fused-ring (bicyclic) bond motifs is 2. The molecule has 0 spiro atoms. The summed E-state index contributed by atoms with van der Waals surface area (Å²) in [7, 11) is 1.88. The van der Waals surface area contributed by atoms with E-state index in [1.54, 1.807) is 6.92 Å². The van der Waals surface area contributed by atoms with Crippen LogP contribution in [0.3, 0.4) is 0 Å². The van der Waals surface area contributed by atoms with Gasteiger partial charge in [-0.2, -0.15) is 0 Å². The Labute approximate surface area is 195 Å². The molecule has 2 N–H and O–H groups in total. The molecular formula is C25H26FN3O5. The van der Waals surface area contributed by atoms with Crippen molar-refractivity contribution in [1.29, 1.82) is 0 Å². The van der Waals surface area contributed by atoms with E-state index in [1.807, 2.05) is 60.5 Å². The second-order valence-corrected chi connectivity index (χ2v) is 8.69. The number of aliphatic hydroxyl groups is 1. The highest BCUT2D eigenvalue weighted by Crippen LogP contribution is 2.45. The molecule has 178 valence electrons. The summed E-state index contributed by atoms with van der Waals surface area (Å²) in [6.07, 6.45) is -3.82. The zero-order valence-corrected chi connectivity index (χ0v) is 18.8. The van der Waals surface area contributed by atoms with Crippen LogP contribution in [0.25, 0.3) is 0 Å². The van der Waals surface area contributed by atoms with Crippen molar-refractivity contribution in [3.8, 4) is 11.5 Å². The number of aliphatic hydroxyl groups excluding tert-OH is 1. The Balaban J connectivity index is 1.43. The zero-order chi connectivity index (χ0) is 24.0. The van der Waals surface area contributed by atoms with Gasteiger partial charge in [0.1, 0.15) is 23.7 Å². The molecule has 8 nitrogen and oxygen atoms in total. The summed E-state index contributed by atoms with van der Waals surface area (Å²) >= 11 is 0. The molecule has 0 amide bonds. The average molecular weight is 467 g/mol. The number of aryl methyl sites for hydroxylation is 1. The number of hydrogen-bond acceptors (Lipinski definition) is 6. The molecule has 34 heavy (non-hydrogen) atoms. The summed E-state index contributed by atoms with van der Waals surface area (Å²) in [6.45, 7) is 1.96. The van der Waals surface area contributed by atoms with Gasteiger partial charge < -0.3 is 14.6 Å². The summed E-state index contributed by atoms with van der Waals surface area (Å²) in [5, 5.41) is 10.7. The second-order valence-electron chi connectivity index (χ2n) is 8.69. The van der Waals surface area contributed by atoms with E-state index in [1.165, 1.54) is 6.20 Å². The summed E-state index contributed by atoms with van der Waals surface area (Å²) in [4.78, 5) is 28.4. The number of halogens is 1. The summed E-state index contributed by atoms with van der Waals surface area (Å²) in [5.41, 5.74) is 0.956. The molecule has 4 atom stereocenters. The van der Waals surface area contributed by atoms with E-state index in [9.17, 15) is 14.7 Å². The minimum absolute atomic E-state index is 0.198. The van der Waals surface area contributed by atoms with Crippen LogP contribution >= 0.6 is 0 Å². The molecule has 2 aromatic carbocycles. The molecule has 0 saturated carbocycles. The first-order chi connectivity index (χ1) is 16.4. The fourth-order valence-corrected chi connectivity index (χ4v) is 4.80. The maximum Gasteiger partial charge on any atom is 0.330 e. The van der Waals surface area contributed by atoms with Gasteiger partial charge in [-0.15, -0.1) is 0 Å². The van der Waals surface area contributed by atoms with Gasteiger partial charge in [0.25, 0.3) is 5.56 Å². The molecule has 9 heteroatoms. The smallest absolute Gasteiger partial charge is 0.330 e. The van der Waals surface area contributed by atoms with Gasteiger partial charge in [0.15, 0.2) is 12.4 Å². The van der Waals surface area contributed by atoms with E-state index in [4.69, 9.17) is 9.47 Å². The number of alkyl halides is 1. The maximum atomic E-state index is 15.1. The Bertz CT molecular complexity index is 1280. The summed E-state index contributed by atoms with van der Waals surface area (Å²) < 4.78 is 28.1. The molecule has 1 fully saturated rings. The summed E-state index contributed by atoms with van der Waals surface area (Å²) in [6, 6.07) is 15.2. The third-order valence-corrected chi connectivity index (χ3v) is 6.55. The van der Waals surface area contributed by atoms with E-state index in [0.717, 1.165) is 27.2 Å². The Morgan fingerprint density at radius 2 is 1.71 bits per heavy atom. The minimum Gasteiger partial charge on any atom is -0.457 e. The van der Waals surface area contributed by atoms with Crippen molar-refractivity contribution < 1.29 is 19.0 Å². The molecule has 2 aliphatic heterocycles. The number of nitrogens with one attached hydrogen (secondary N) is 1. The van der Waals surface area contributed by atoms with E-state index < -0.39 is 35.9 Å². The van der Waals surface area contributed by atoms with E-state index in [-0.39, 0.29) is 12.6 Å². The lowest BCUT2D eigenvalue weighted by atomic mass is 9.93. The highest BCUT2D eigenvalue weighted by molar-refractivity contribution is 5.52. The first kappa shape index (κ1) is 22.5. The molecule has 0 radical (unpaired) electrons. The predicted octanol–water partition coefficient (Wildman–Crippen LogP) is 2.52. The van der Waals surface area contributed by atoms with Crippen LogP contribution in [0.4, 0.5) is 4.39 Å². The Kier molecular flexibility index (Phi) is 5.85. The van der Waals surface area contributed by atoms with Crippen molar-refractivity contribution >= 4 is 0 Å². The van der Waals surface area contributed by atoms with Crippen molar-refractivity contribution in [3.05, 3.63) is 92.3 Å². The normalized spacial score (nSPS) is 24.0. The molecule has 1 aromatic heterocycles. The van der Waals surface area contributed by atoms with E-state index in [2.05, 4.69) is 4.98 Å². The molecule has 2 aliphatic rings. The standard InChI is InChI=1S/C25H26FN3O5/c1-3-14-12-29(25(32)27-23(14)31)24-20(26)22(30)19(34-24)13-28(2)21-15-8-4-6-10-17(15)33-18-11-7-5-9-16(18)21/h4-12,19-22,24,30H,3,13H2,1-2H3,(H,27,31,32)/t19-,20+,22-,24?/m1/s1. The molecule has 0 bridgehead atoms. The molecule has 0 aliphatic carbocycles. The van der Waals surface area contributed by atoms with Gasteiger partial charge in [-0.25, -0.2) is 9.18 Å². The van der Waals surface area contributed by atoms with Gasteiger partial charge in [-0.05, 0) is 25.6 Å². The molecule has 3 heterocycles. The van der Waals surface area contributed by atoms with Crippen LogP contribution in [0.2, 0.25) is 0 Å². The number of ether oxygens (including phenoxy) is 2. The second kappa shape index (κ2) is 8.83. The fraction of sp³-hybridized carbons (Fsp3) is 0.360. The number of benzene rings is 2. The van der Waals surface area contributed by atoms with Crippen LogP contribution in [0.15, 0.2) is 64.3 Å². The Hall–Kier alpha value is -3.27. The molecule has 3 aromatic rings. The van der Waals surface area contributed by atoms with Crippen LogP contribution in [0.5, 0.6) is 11.5 Å². The number of aromatic amines is 1. The van der Waals surface area contributed by atoms with Crippen molar-refractivity contribution in [3.63, 3.8) is 0 Å². The van der Waals surface area contributed by atoms with Gasteiger partial charge in [0.05, 0.1) is 6.04 Å². The van der Waals surface area contributed by atoms with E-state index in [0.29, 0.717) is 12.0 Å². The van der Waals surface area contributed by atoms with Crippen LogP contribution in [0, 0.1) is 0 Å². The number of likely N-dealkylation sites (N-methyl/N-ethyl adjacent to an activating group) is 1. The summed E-state index contributed by atoms with van der Waals surface area (Å²) in [5.74, 6) is 1.47. The molecule has 1 unspecified atom stereocenters. The molecular weight excluding hydrogens is 441 g/mol. The van der Waals surface area contributed by atoms with Crippen molar-refractivity contribution in [1.82, 2.24) is 14.5 Å². The van der Waals surface area contributed by atoms with Gasteiger partial charge in [-0.3, -0.25) is 19.2 Å². The third kappa shape index (κ3) is 3.75. The monoisotopic (exact) mass is 467 g/mol. The van der Waals surface area contributed by atoms with Gasteiger partial charge >= 0.3 is 5.69 Å². The number of para-hydroxylation sites is 2. The third-order valence-electron chi connectivity index (χ3n) is 6.55. The lowest BCUT2D eigenvalue weighted by Gasteiger charge is -2.36. The van der Waals surface area contributed by atoms with E-state index >= 15 is 4.39 Å². The fourth-order valence-electron chi connectivity index (χ4n) is 4.80. The zero-order valence-electron chi connectivity index (χ0n) is 18.8. The largest absolute Gasteiger partial charge is 0.457 e. The SMILES string of the molecule is CCc1cn(C2O[C@H](CN(C)C3c4ccccc4Oc4ccccc43)[C@@H](O)[C@@H]2F)c(=O)[nH]c1=O. The van der Waals surface area contributed by atoms with Crippen molar-refractivity contribution in [2.75, 3.05) is 13.6 Å². The van der Waals surface area contributed by atoms with Crippen LogP contribution in [-0.4, -0.2) is 51.5 Å². The minimum atomic E-state index is -1.83. The number of nitrogens with zero attached hydrogens (tertiary/aromatic N) is 2. The first-order valence-electron chi connectivity index (χ1n) is 11.3. The quantitative estimate of drug-likeness (QED) is 0.599. The number of aromatic nitrogens is 2. The van der Waals surface area contributed by atoms with Gasteiger partial charge in [0.2, 0.25) is 0 Å².